The van der Waals surface area contributed by atoms with Crippen LogP contribution in [0.4, 0.5) is 11.4 Å². The van der Waals surface area contributed by atoms with Crippen LogP contribution in [-0.4, -0.2) is 22.7 Å². The summed E-state index contributed by atoms with van der Waals surface area (Å²) < 4.78 is 5.71. The second-order valence-electron chi connectivity index (χ2n) is 6.78. The Balaban J connectivity index is 1.62. The summed E-state index contributed by atoms with van der Waals surface area (Å²) in [6, 6.07) is 19.3. The van der Waals surface area contributed by atoms with Crippen molar-refractivity contribution in [3.63, 3.8) is 0 Å². The van der Waals surface area contributed by atoms with Gasteiger partial charge in [0.25, 0.3) is 11.6 Å². The first-order chi connectivity index (χ1) is 14.3. The van der Waals surface area contributed by atoms with Gasteiger partial charge in [-0.1, -0.05) is 35.9 Å². The lowest BCUT2D eigenvalue weighted by atomic mass is 10.1. The fourth-order valence-electron chi connectivity index (χ4n) is 2.79. The summed E-state index contributed by atoms with van der Waals surface area (Å²) in [6.45, 7) is 3.63. The van der Waals surface area contributed by atoms with Gasteiger partial charge in [0, 0.05) is 28.9 Å². The van der Waals surface area contributed by atoms with Gasteiger partial charge >= 0.3 is 0 Å². The van der Waals surface area contributed by atoms with Crippen LogP contribution in [0.15, 0.2) is 72.8 Å². The molecule has 3 rings (SSSR count). The van der Waals surface area contributed by atoms with Crippen molar-refractivity contribution in [1.29, 1.82) is 0 Å². The first-order valence-corrected chi connectivity index (χ1v) is 9.27. The van der Waals surface area contributed by atoms with Crippen LogP contribution in [0, 0.1) is 17.0 Å². The second kappa shape index (κ2) is 9.00. The molecule has 30 heavy (non-hydrogen) atoms. The zero-order valence-corrected chi connectivity index (χ0v) is 16.5. The van der Waals surface area contributed by atoms with Crippen molar-refractivity contribution in [3.8, 4) is 5.75 Å². The summed E-state index contributed by atoms with van der Waals surface area (Å²) in [5.41, 5.74) is 2.17. The molecule has 3 aromatic carbocycles. The minimum atomic E-state index is -0.669. The topological polar surface area (TPSA) is 98.5 Å². The number of nitrogens with one attached hydrogen (secondary N) is 1. The minimum Gasteiger partial charge on any atom is -0.483 e. The number of aryl methyl sites for hydroxylation is 1. The predicted molar refractivity (Wildman–Crippen MR) is 113 cm³/mol. The van der Waals surface area contributed by atoms with Crippen molar-refractivity contribution in [1.82, 2.24) is 0 Å². The molecule has 3 aromatic rings. The third-order valence-corrected chi connectivity index (χ3v) is 4.45. The Morgan fingerprint density at radius 1 is 0.967 bits per heavy atom. The van der Waals surface area contributed by atoms with Crippen LogP contribution in [0.2, 0.25) is 0 Å². The lowest BCUT2D eigenvalue weighted by Crippen LogP contribution is -2.23. The number of nitrogens with zero attached hydrogens (tertiary/aromatic N) is 1. The molecule has 7 nitrogen and oxygen atoms in total. The number of Topliss-reactive ketones (excluding diaryl/α,β-unsaturated/α-hetero) is 1. The monoisotopic (exact) mass is 404 g/mol. The molecule has 0 fully saturated rings. The van der Waals surface area contributed by atoms with E-state index in [-0.39, 0.29) is 17.0 Å². The number of nitro groups is 1. The number of ether oxygens (including phenoxy) is 1. The van der Waals surface area contributed by atoms with Crippen molar-refractivity contribution < 1.29 is 19.2 Å². The molecule has 0 heterocycles. The molecule has 152 valence electrons. The number of benzene rings is 3. The Morgan fingerprint density at radius 2 is 1.63 bits per heavy atom. The smallest absolute Gasteiger partial charge is 0.270 e. The zero-order valence-electron chi connectivity index (χ0n) is 16.5. The second-order valence-corrected chi connectivity index (χ2v) is 6.78. The molecule has 1 atom stereocenters. The molecule has 0 aliphatic rings. The van der Waals surface area contributed by atoms with Crippen molar-refractivity contribution in [2.75, 3.05) is 5.32 Å². The molecule has 0 spiro atoms. The minimum absolute atomic E-state index is 0.127. The van der Waals surface area contributed by atoms with Crippen LogP contribution in [0.3, 0.4) is 0 Å². The molecule has 0 unspecified atom stereocenters. The average molecular weight is 404 g/mol. The van der Waals surface area contributed by atoms with Crippen LogP contribution >= 0.6 is 0 Å². The van der Waals surface area contributed by atoms with Crippen molar-refractivity contribution in [2.24, 2.45) is 0 Å². The van der Waals surface area contributed by atoms with E-state index in [2.05, 4.69) is 5.32 Å². The first-order valence-electron chi connectivity index (χ1n) is 9.27. The third kappa shape index (κ3) is 5.08. The Hall–Kier alpha value is -4.00. The Morgan fingerprint density at radius 3 is 2.27 bits per heavy atom. The number of anilines is 1. The molecule has 0 bridgehead atoms. The molecule has 0 saturated carbocycles. The standard InChI is InChI=1S/C23H20N2O5/c1-15-6-8-17(9-7-15)22(26)16(2)30-21-12-10-19(11-13-21)24-23(27)18-4-3-5-20(14-18)25(28)29/h3-14,16H,1-2H3,(H,24,27)/t16-/m0/s1. The highest BCUT2D eigenvalue weighted by Gasteiger charge is 2.17. The summed E-state index contributed by atoms with van der Waals surface area (Å²) in [5.74, 6) is -0.107. The molecule has 0 radical (unpaired) electrons. The molecule has 0 aliphatic heterocycles. The third-order valence-electron chi connectivity index (χ3n) is 4.45. The highest BCUT2D eigenvalue weighted by atomic mass is 16.6. The first kappa shape index (κ1) is 20.7. The van der Waals surface area contributed by atoms with Gasteiger partial charge in [-0.25, -0.2) is 0 Å². The normalized spacial score (nSPS) is 11.4. The highest BCUT2D eigenvalue weighted by Crippen LogP contribution is 2.20. The number of hydrogen-bond acceptors (Lipinski definition) is 5. The van der Waals surface area contributed by atoms with Crippen molar-refractivity contribution in [2.45, 2.75) is 20.0 Å². The van der Waals surface area contributed by atoms with E-state index in [9.17, 15) is 19.7 Å². The van der Waals surface area contributed by atoms with Gasteiger partial charge in [-0.2, -0.15) is 0 Å². The van der Waals surface area contributed by atoms with E-state index in [1.54, 1.807) is 43.3 Å². The maximum Gasteiger partial charge on any atom is 0.270 e. The van der Waals surface area contributed by atoms with Gasteiger partial charge in [0.15, 0.2) is 6.10 Å². The summed E-state index contributed by atoms with van der Waals surface area (Å²) in [7, 11) is 0. The number of hydrogen-bond donors (Lipinski definition) is 1. The van der Waals surface area contributed by atoms with Crippen LogP contribution in [-0.2, 0) is 0 Å². The molecular formula is C23H20N2O5. The molecule has 0 saturated heterocycles. The fourth-order valence-corrected chi connectivity index (χ4v) is 2.79. The van der Waals surface area contributed by atoms with E-state index >= 15 is 0 Å². The molecule has 1 N–H and O–H groups in total. The number of carbonyl (C=O) groups is 2. The number of nitro benzene ring substituents is 1. The maximum absolute atomic E-state index is 12.5. The molecule has 0 aromatic heterocycles. The Bertz CT molecular complexity index is 1080. The van der Waals surface area contributed by atoms with Crippen LogP contribution in [0.5, 0.6) is 5.75 Å². The Labute approximate surface area is 173 Å². The molecule has 1 amide bonds. The summed E-state index contributed by atoms with van der Waals surface area (Å²) in [6.07, 6.45) is -0.669. The summed E-state index contributed by atoms with van der Waals surface area (Å²) in [5, 5.41) is 13.5. The van der Waals surface area contributed by atoms with Gasteiger partial charge in [-0.3, -0.25) is 19.7 Å². The largest absolute Gasteiger partial charge is 0.483 e. The van der Waals surface area contributed by atoms with E-state index in [4.69, 9.17) is 4.74 Å². The van der Waals surface area contributed by atoms with E-state index < -0.39 is 16.9 Å². The summed E-state index contributed by atoms with van der Waals surface area (Å²) >= 11 is 0. The fraction of sp³-hybridized carbons (Fsp3) is 0.130. The van der Waals surface area contributed by atoms with Gasteiger partial charge in [-0.05, 0) is 44.2 Å². The van der Waals surface area contributed by atoms with Crippen molar-refractivity contribution >= 4 is 23.1 Å². The van der Waals surface area contributed by atoms with Crippen LogP contribution < -0.4 is 10.1 Å². The Kier molecular flexibility index (Phi) is 6.22. The number of ketones is 1. The van der Waals surface area contributed by atoms with Gasteiger partial charge < -0.3 is 10.1 Å². The SMILES string of the molecule is Cc1ccc(C(=O)[C@H](C)Oc2ccc(NC(=O)c3cccc([N+](=O)[O-])c3)cc2)cc1. The van der Waals surface area contributed by atoms with Gasteiger partial charge in [0.1, 0.15) is 5.75 Å². The quantitative estimate of drug-likeness (QED) is 0.346. The van der Waals surface area contributed by atoms with Gasteiger partial charge in [0.05, 0.1) is 4.92 Å². The number of rotatable bonds is 7. The van der Waals surface area contributed by atoms with E-state index in [1.807, 2.05) is 19.1 Å². The summed E-state index contributed by atoms with van der Waals surface area (Å²) in [4.78, 5) is 35.1. The zero-order chi connectivity index (χ0) is 21.7. The predicted octanol–water partition coefficient (Wildman–Crippen LogP) is 4.81. The van der Waals surface area contributed by atoms with Crippen LogP contribution in [0.25, 0.3) is 0 Å². The van der Waals surface area contributed by atoms with Crippen LogP contribution in [0.1, 0.15) is 33.2 Å². The van der Waals surface area contributed by atoms with E-state index in [1.165, 1.54) is 24.3 Å². The van der Waals surface area contributed by atoms with E-state index in [0.29, 0.717) is 17.0 Å². The lowest BCUT2D eigenvalue weighted by molar-refractivity contribution is -0.384. The molecule has 7 heteroatoms. The van der Waals surface area contributed by atoms with Gasteiger partial charge in [0.2, 0.25) is 5.78 Å². The van der Waals surface area contributed by atoms with Crippen molar-refractivity contribution in [3.05, 3.63) is 99.6 Å². The lowest BCUT2D eigenvalue weighted by Gasteiger charge is -2.14. The average Bonchev–Trinajstić information content (AvgIpc) is 2.75. The number of amides is 1. The number of non-ortho nitro benzene ring substituents is 1. The van der Waals surface area contributed by atoms with Gasteiger partial charge in [-0.15, -0.1) is 0 Å². The molecular weight excluding hydrogens is 384 g/mol. The maximum atomic E-state index is 12.5. The molecule has 0 aliphatic carbocycles. The van der Waals surface area contributed by atoms with E-state index in [0.717, 1.165) is 5.56 Å². The highest BCUT2D eigenvalue weighted by molar-refractivity contribution is 6.04. The number of carbonyl (C=O) groups excluding carboxylic acids is 2.